The van der Waals surface area contributed by atoms with E-state index >= 15 is 0 Å². The van der Waals surface area contributed by atoms with Crippen molar-refractivity contribution >= 4 is 30.1 Å². The lowest BCUT2D eigenvalue weighted by Crippen LogP contribution is -2.41. The third kappa shape index (κ3) is 4.48. The van der Waals surface area contributed by atoms with Crippen molar-refractivity contribution in [1.29, 1.82) is 0 Å². The molecular weight excluding hydrogens is 395 g/mol. The fourth-order valence-corrected chi connectivity index (χ4v) is 3.23. The van der Waals surface area contributed by atoms with Gasteiger partial charge in [0.05, 0.1) is 29.4 Å². The van der Waals surface area contributed by atoms with Gasteiger partial charge in [0.15, 0.2) is 0 Å². The Morgan fingerprint density at radius 1 is 1.17 bits per heavy atom. The highest BCUT2D eigenvalue weighted by Crippen LogP contribution is 2.36. The van der Waals surface area contributed by atoms with Crippen LogP contribution in [0.5, 0.6) is 0 Å². The zero-order chi connectivity index (χ0) is 21.4. The fourth-order valence-electron chi connectivity index (χ4n) is 3.03. The average Bonchev–Trinajstić information content (AvgIpc) is 2.86. The number of rotatable bonds is 5. The van der Waals surface area contributed by atoms with E-state index in [2.05, 4.69) is 5.32 Å². The second kappa shape index (κ2) is 8.07. The smallest absolute Gasteiger partial charge is 0.399 e. The summed E-state index contributed by atoms with van der Waals surface area (Å²) >= 11 is 5.97. The van der Waals surface area contributed by atoms with Crippen molar-refractivity contribution in [3.8, 4) is 0 Å². The maximum absolute atomic E-state index is 14.7. The summed E-state index contributed by atoms with van der Waals surface area (Å²) in [5.74, 6) is -1.33. The molecule has 1 saturated heterocycles. The number of amides is 1. The maximum atomic E-state index is 14.7. The summed E-state index contributed by atoms with van der Waals surface area (Å²) in [6.45, 7) is 7.30. The van der Waals surface area contributed by atoms with Crippen molar-refractivity contribution < 1.29 is 23.6 Å². The molecule has 5 nitrogen and oxygen atoms in total. The lowest BCUT2D eigenvalue weighted by Gasteiger charge is -2.32. The van der Waals surface area contributed by atoms with Crippen molar-refractivity contribution in [2.24, 2.45) is 0 Å². The zero-order valence-electron chi connectivity index (χ0n) is 16.8. The summed E-state index contributed by atoms with van der Waals surface area (Å²) in [5.41, 5.74) is -0.107. The van der Waals surface area contributed by atoms with Crippen molar-refractivity contribution in [3.05, 3.63) is 64.4 Å². The van der Waals surface area contributed by atoms with Gasteiger partial charge in [-0.1, -0.05) is 29.8 Å². The second-order valence-corrected chi connectivity index (χ2v) is 8.53. The van der Waals surface area contributed by atoms with Crippen LogP contribution >= 0.6 is 11.6 Å². The number of nitrogens with one attached hydrogen (secondary N) is 1. The standard InChI is InChI=1S/C21H24BClFNO4/c1-20(2)21(3,4)29-22(28-20)14-8-9-16(17(24)11-14)19(27)25-18(12-26)13-6-5-7-15(23)10-13/h5-11,18,26H,12H2,1-4H3,(H,25,27). The molecule has 0 radical (unpaired) electrons. The molecule has 154 valence electrons. The first-order valence-electron chi connectivity index (χ1n) is 9.36. The first kappa shape index (κ1) is 21.8. The average molecular weight is 420 g/mol. The van der Waals surface area contributed by atoms with Gasteiger partial charge in [0.1, 0.15) is 5.82 Å². The molecule has 1 aliphatic heterocycles. The Hall–Kier alpha value is -1.93. The summed E-state index contributed by atoms with van der Waals surface area (Å²) in [6.07, 6.45) is 0. The molecule has 1 atom stereocenters. The molecule has 2 N–H and O–H groups in total. The monoisotopic (exact) mass is 419 g/mol. The highest BCUT2D eigenvalue weighted by atomic mass is 35.5. The number of aliphatic hydroxyl groups is 1. The quantitative estimate of drug-likeness (QED) is 0.730. The minimum Gasteiger partial charge on any atom is -0.399 e. The SMILES string of the molecule is CC1(C)OB(c2ccc(C(=O)NC(CO)c3cccc(Cl)c3)c(F)c2)OC1(C)C. The molecule has 0 saturated carbocycles. The Balaban J connectivity index is 1.77. The Kier molecular flexibility index (Phi) is 6.06. The highest BCUT2D eigenvalue weighted by Gasteiger charge is 2.51. The Bertz CT molecular complexity index is 905. The minimum atomic E-state index is -0.719. The molecule has 1 fully saturated rings. The Morgan fingerprint density at radius 3 is 2.38 bits per heavy atom. The molecular formula is C21H24BClFNO4. The first-order chi connectivity index (χ1) is 13.5. The van der Waals surface area contributed by atoms with Gasteiger partial charge in [0.25, 0.3) is 5.91 Å². The van der Waals surface area contributed by atoms with E-state index in [1.807, 2.05) is 27.7 Å². The summed E-state index contributed by atoms with van der Waals surface area (Å²) < 4.78 is 26.5. The highest BCUT2D eigenvalue weighted by molar-refractivity contribution is 6.62. The number of carbonyl (C=O) groups excluding carboxylic acids is 1. The van der Waals surface area contributed by atoms with Gasteiger partial charge in [-0.2, -0.15) is 0 Å². The minimum absolute atomic E-state index is 0.134. The Morgan fingerprint density at radius 2 is 1.83 bits per heavy atom. The molecule has 1 amide bonds. The molecule has 0 bridgehead atoms. The van der Waals surface area contributed by atoms with E-state index in [0.29, 0.717) is 16.0 Å². The number of benzene rings is 2. The van der Waals surface area contributed by atoms with Crippen LogP contribution in [0.3, 0.4) is 0 Å². The summed E-state index contributed by atoms with van der Waals surface area (Å²) in [7, 11) is -0.719. The Labute approximate surface area is 175 Å². The molecule has 3 rings (SSSR count). The van der Waals surface area contributed by atoms with Gasteiger partial charge in [-0.3, -0.25) is 4.79 Å². The molecule has 1 heterocycles. The molecule has 0 aliphatic carbocycles. The third-order valence-electron chi connectivity index (χ3n) is 5.50. The molecule has 1 aliphatic rings. The van der Waals surface area contributed by atoms with E-state index in [4.69, 9.17) is 20.9 Å². The van der Waals surface area contributed by atoms with Gasteiger partial charge in [0, 0.05) is 5.02 Å². The zero-order valence-corrected chi connectivity index (χ0v) is 17.6. The van der Waals surface area contributed by atoms with Crippen LogP contribution in [-0.4, -0.2) is 35.9 Å². The number of carbonyl (C=O) groups is 1. The van der Waals surface area contributed by atoms with E-state index < -0.39 is 36.1 Å². The molecule has 2 aromatic rings. The number of hydrogen-bond acceptors (Lipinski definition) is 4. The molecule has 8 heteroatoms. The van der Waals surface area contributed by atoms with Crippen LogP contribution < -0.4 is 10.8 Å². The molecule has 29 heavy (non-hydrogen) atoms. The van der Waals surface area contributed by atoms with E-state index in [1.165, 1.54) is 12.1 Å². The summed E-state index contributed by atoms with van der Waals surface area (Å²) in [4.78, 5) is 12.6. The fraction of sp³-hybridized carbons (Fsp3) is 0.381. The normalized spacial score (nSPS) is 18.5. The van der Waals surface area contributed by atoms with Gasteiger partial charge in [0.2, 0.25) is 0 Å². The molecule has 1 unspecified atom stereocenters. The third-order valence-corrected chi connectivity index (χ3v) is 5.74. The topological polar surface area (TPSA) is 67.8 Å². The van der Waals surface area contributed by atoms with Gasteiger partial charge in [-0.15, -0.1) is 0 Å². The molecule has 2 aromatic carbocycles. The van der Waals surface area contributed by atoms with E-state index in [-0.39, 0.29) is 12.2 Å². The van der Waals surface area contributed by atoms with Crippen LogP contribution in [0.1, 0.15) is 49.7 Å². The van der Waals surface area contributed by atoms with Crippen molar-refractivity contribution in [1.82, 2.24) is 5.32 Å². The lowest BCUT2D eigenvalue weighted by atomic mass is 9.78. The van der Waals surface area contributed by atoms with E-state index in [9.17, 15) is 14.3 Å². The predicted octanol–water partition coefficient (Wildman–Crippen LogP) is 3.24. The van der Waals surface area contributed by atoms with Crippen molar-refractivity contribution in [3.63, 3.8) is 0 Å². The molecule has 0 aromatic heterocycles. The molecule has 0 spiro atoms. The second-order valence-electron chi connectivity index (χ2n) is 8.09. The van der Waals surface area contributed by atoms with Crippen molar-refractivity contribution in [2.45, 2.75) is 44.9 Å². The lowest BCUT2D eigenvalue weighted by molar-refractivity contribution is 0.00578. The summed E-state index contributed by atoms with van der Waals surface area (Å²) in [6, 6.07) is 10.3. The van der Waals surface area contributed by atoms with Crippen LogP contribution in [0, 0.1) is 5.82 Å². The van der Waals surface area contributed by atoms with Crippen LogP contribution in [0.2, 0.25) is 5.02 Å². The number of hydrogen-bond donors (Lipinski definition) is 2. The maximum Gasteiger partial charge on any atom is 0.494 e. The van der Waals surface area contributed by atoms with Gasteiger partial charge >= 0.3 is 7.12 Å². The number of aliphatic hydroxyl groups excluding tert-OH is 1. The predicted molar refractivity (Wildman–Crippen MR) is 111 cm³/mol. The van der Waals surface area contributed by atoms with Crippen molar-refractivity contribution in [2.75, 3.05) is 6.61 Å². The first-order valence-corrected chi connectivity index (χ1v) is 9.74. The van der Waals surface area contributed by atoms with Gasteiger partial charge in [-0.05, 0) is 63.0 Å². The van der Waals surface area contributed by atoms with Crippen LogP contribution in [-0.2, 0) is 9.31 Å². The largest absolute Gasteiger partial charge is 0.494 e. The number of halogens is 2. The summed E-state index contributed by atoms with van der Waals surface area (Å²) in [5, 5.41) is 12.7. The van der Waals surface area contributed by atoms with Crippen LogP contribution in [0.15, 0.2) is 42.5 Å². The van der Waals surface area contributed by atoms with E-state index in [0.717, 1.165) is 0 Å². The van der Waals surface area contributed by atoms with Crippen LogP contribution in [0.4, 0.5) is 4.39 Å². The van der Waals surface area contributed by atoms with E-state index in [1.54, 1.807) is 30.3 Å². The van der Waals surface area contributed by atoms with Gasteiger partial charge in [-0.25, -0.2) is 4.39 Å². The van der Waals surface area contributed by atoms with Gasteiger partial charge < -0.3 is 19.7 Å². The van der Waals surface area contributed by atoms with Crippen LogP contribution in [0.25, 0.3) is 0 Å².